The topological polar surface area (TPSA) is 58.4 Å². The van der Waals surface area contributed by atoms with Crippen LogP contribution in [0.1, 0.15) is 30.4 Å². The molecule has 27 heavy (non-hydrogen) atoms. The molecule has 0 spiro atoms. The minimum Gasteiger partial charge on any atom is -0.354 e. The van der Waals surface area contributed by atoms with E-state index in [2.05, 4.69) is 46.1 Å². The van der Waals surface area contributed by atoms with Gasteiger partial charge in [-0.05, 0) is 42.7 Å². The molecule has 0 bridgehead atoms. The van der Waals surface area contributed by atoms with Crippen molar-refractivity contribution < 1.29 is 0 Å². The molecular formula is C21H28N4OS. The summed E-state index contributed by atoms with van der Waals surface area (Å²) in [6.45, 7) is 1.32. The van der Waals surface area contributed by atoms with Crippen molar-refractivity contribution >= 4 is 17.7 Å². The number of guanidine groups is 1. The molecule has 3 rings (SSSR count). The summed E-state index contributed by atoms with van der Waals surface area (Å²) >= 11 is 1.96. The van der Waals surface area contributed by atoms with Gasteiger partial charge >= 0.3 is 0 Å². The molecule has 2 atom stereocenters. The van der Waals surface area contributed by atoms with Crippen molar-refractivity contribution in [1.82, 2.24) is 15.2 Å². The van der Waals surface area contributed by atoms with Gasteiger partial charge in [0.25, 0.3) is 5.56 Å². The Labute approximate surface area is 165 Å². The number of nitrogens with zero attached hydrogens (tertiary/aromatic N) is 2. The lowest BCUT2D eigenvalue weighted by atomic mass is 10.1. The lowest BCUT2D eigenvalue weighted by Crippen LogP contribution is -2.42. The maximum Gasteiger partial charge on any atom is 0.250 e. The van der Waals surface area contributed by atoms with Crippen LogP contribution in [0.3, 0.4) is 0 Å². The van der Waals surface area contributed by atoms with E-state index < -0.39 is 0 Å². The Morgan fingerprint density at radius 1 is 1.19 bits per heavy atom. The molecule has 1 aromatic heterocycles. The van der Waals surface area contributed by atoms with Gasteiger partial charge in [0.15, 0.2) is 5.96 Å². The van der Waals surface area contributed by atoms with E-state index in [1.807, 2.05) is 31.1 Å². The van der Waals surface area contributed by atoms with Crippen LogP contribution in [0.25, 0.3) is 0 Å². The molecule has 5 nitrogen and oxygen atoms in total. The SMILES string of the molecule is CN=C(NCc1ccc(Cn2ccccc2=O)cc1)NC1CCC(SC)C1. The number of benzene rings is 1. The summed E-state index contributed by atoms with van der Waals surface area (Å²) in [5.74, 6) is 0.863. The molecule has 1 aliphatic rings. The van der Waals surface area contributed by atoms with Gasteiger partial charge in [0.05, 0.1) is 6.54 Å². The summed E-state index contributed by atoms with van der Waals surface area (Å²) in [6.07, 6.45) is 7.70. The van der Waals surface area contributed by atoms with Crippen LogP contribution in [-0.4, -0.2) is 35.1 Å². The van der Waals surface area contributed by atoms with Crippen LogP contribution in [0.5, 0.6) is 0 Å². The highest BCUT2D eigenvalue weighted by molar-refractivity contribution is 7.99. The monoisotopic (exact) mass is 384 g/mol. The molecule has 2 N–H and O–H groups in total. The van der Waals surface area contributed by atoms with Crippen LogP contribution in [0.2, 0.25) is 0 Å². The van der Waals surface area contributed by atoms with E-state index in [9.17, 15) is 4.79 Å². The first kappa shape index (κ1) is 19.5. The Morgan fingerprint density at radius 3 is 2.63 bits per heavy atom. The van der Waals surface area contributed by atoms with Gasteiger partial charge in [0.2, 0.25) is 0 Å². The van der Waals surface area contributed by atoms with Crippen molar-refractivity contribution in [2.75, 3.05) is 13.3 Å². The van der Waals surface area contributed by atoms with Crippen LogP contribution in [0, 0.1) is 0 Å². The van der Waals surface area contributed by atoms with Crippen LogP contribution in [0.4, 0.5) is 0 Å². The summed E-state index contributed by atoms with van der Waals surface area (Å²) in [5, 5.41) is 7.71. The third-order valence-corrected chi connectivity index (χ3v) is 6.11. The summed E-state index contributed by atoms with van der Waals surface area (Å²) in [5.41, 5.74) is 2.33. The van der Waals surface area contributed by atoms with E-state index in [1.165, 1.54) is 24.8 Å². The minimum absolute atomic E-state index is 0.0220. The third-order valence-electron chi connectivity index (χ3n) is 5.02. The second-order valence-electron chi connectivity index (χ2n) is 6.92. The zero-order chi connectivity index (χ0) is 19.1. The molecule has 1 aromatic carbocycles. The number of pyridine rings is 1. The first-order valence-electron chi connectivity index (χ1n) is 9.41. The Hall–Kier alpha value is -2.21. The van der Waals surface area contributed by atoms with Crippen molar-refractivity contribution in [1.29, 1.82) is 0 Å². The molecule has 2 unspecified atom stereocenters. The molecular weight excluding hydrogens is 356 g/mol. The molecule has 144 valence electrons. The smallest absolute Gasteiger partial charge is 0.250 e. The van der Waals surface area contributed by atoms with Gasteiger partial charge < -0.3 is 15.2 Å². The van der Waals surface area contributed by atoms with Crippen molar-refractivity contribution in [2.24, 2.45) is 4.99 Å². The largest absolute Gasteiger partial charge is 0.354 e. The molecule has 1 saturated carbocycles. The maximum atomic E-state index is 11.8. The number of aliphatic imine (C=N–C) groups is 1. The molecule has 1 fully saturated rings. The second kappa shape index (κ2) is 9.65. The Balaban J connectivity index is 1.50. The van der Waals surface area contributed by atoms with Crippen molar-refractivity contribution in [3.63, 3.8) is 0 Å². The Bertz CT molecular complexity index is 815. The number of rotatable bonds is 6. The molecule has 1 heterocycles. The van der Waals surface area contributed by atoms with Crippen molar-refractivity contribution in [3.05, 3.63) is 70.1 Å². The van der Waals surface area contributed by atoms with Gasteiger partial charge in [-0.25, -0.2) is 0 Å². The van der Waals surface area contributed by atoms with Crippen LogP contribution >= 0.6 is 11.8 Å². The highest BCUT2D eigenvalue weighted by Crippen LogP contribution is 2.27. The highest BCUT2D eigenvalue weighted by Gasteiger charge is 2.24. The van der Waals surface area contributed by atoms with Crippen LogP contribution < -0.4 is 16.2 Å². The predicted octanol–water partition coefficient (Wildman–Crippen LogP) is 2.85. The van der Waals surface area contributed by atoms with Gasteiger partial charge in [-0.15, -0.1) is 0 Å². The van der Waals surface area contributed by atoms with E-state index in [0.717, 1.165) is 23.3 Å². The van der Waals surface area contributed by atoms with Crippen molar-refractivity contribution in [2.45, 2.75) is 43.6 Å². The van der Waals surface area contributed by atoms with E-state index in [0.29, 0.717) is 12.6 Å². The highest BCUT2D eigenvalue weighted by atomic mass is 32.2. The molecule has 0 saturated heterocycles. The van der Waals surface area contributed by atoms with Gasteiger partial charge in [0, 0.05) is 37.1 Å². The van der Waals surface area contributed by atoms with Gasteiger partial charge in [-0.1, -0.05) is 30.3 Å². The average Bonchev–Trinajstić information content (AvgIpc) is 3.15. The molecule has 0 radical (unpaired) electrons. The number of hydrogen-bond donors (Lipinski definition) is 2. The minimum atomic E-state index is 0.0220. The Morgan fingerprint density at radius 2 is 1.96 bits per heavy atom. The normalized spacial score (nSPS) is 19.9. The Kier molecular flexibility index (Phi) is 6.98. The van der Waals surface area contributed by atoms with Crippen LogP contribution in [-0.2, 0) is 13.1 Å². The maximum absolute atomic E-state index is 11.8. The fraction of sp³-hybridized carbons (Fsp3) is 0.429. The van der Waals surface area contributed by atoms with Crippen LogP contribution in [0.15, 0.2) is 58.4 Å². The average molecular weight is 385 g/mol. The number of thioether (sulfide) groups is 1. The molecule has 6 heteroatoms. The van der Waals surface area contributed by atoms with Gasteiger partial charge in [-0.3, -0.25) is 9.79 Å². The molecule has 2 aromatic rings. The zero-order valence-electron chi connectivity index (χ0n) is 16.0. The lowest BCUT2D eigenvalue weighted by Gasteiger charge is -2.17. The summed E-state index contributed by atoms with van der Waals surface area (Å²) < 4.78 is 1.71. The third kappa shape index (κ3) is 5.63. The number of nitrogens with one attached hydrogen (secondary N) is 2. The molecule has 0 aliphatic heterocycles. The summed E-state index contributed by atoms with van der Waals surface area (Å²) in [4.78, 5) is 16.2. The second-order valence-corrected chi connectivity index (χ2v) is 8.06. The number of hydrogen-bond acceptors (Lipinski definition) is 3. The van der Waals surface area contributed by atoms with Gasteiger partial charge in [-0.2, -0.15) is 11.8 Å². The quantitative estimate of drug-likeness (QED) is 0.594. The van der Waals surface area contributed by atoms with E-state index in [4.69, 9.17) is 0 Å². The van der Waals surface area contributed by atoms with Crippen molar-refractivity contribution in [3.8, 4) is 0 Å². The van der Waals surface area contributed by atoms with E-state index in [-0.39, 0.29) is 5.56 Å². The fourth-order valence-electron chi connectivity index (χ4n) is 3.41. The first-order valence-corrected chi connectivity index (χ1v) is 10.7. The standard InChI is InChI=1S/C21H28N4OS/c1-22-21(24-18-10-11-19(13-18)27-2)23-14-16-6-8-17(9-7-16)15-25-12-4-3-5-20(25)26/h3-9,12,18-19H,10-11,13-15H2,1-2H3,(H2,22,23,24). The lowest BCUT2D eigenvalue weighted by molar-refractivity contribution is 0.614. The summed E-state index contributed by atoms with van der Waals surface area (Å²) in [7, 11) is 1.82. The van der Waals surface area contributed by atoms with Gasteiger partial charge in [0.1, 0.15) is 0 Å². The van der Waals surface area contributed by atoms with E-state index in [1.54, 1.807) is 16.7 Å². The number of aromatic nitrogens is 1. The first-order chi connectivity index (χ1) is 13.2. The van der Waals surface area contributed by atoms with E-state index >= 15 is 0 Å². The fourth-order valence-corrected chi connectivity index (χ4v) is 4.21. The molecule has 1 aliphatic carbocycles. The zero-order valence-corrected chi connectivity index (χ0v) is 16.8. The summed E-state index contributed by atoms with van der Waals surface area (Å²) in [6, 6.07) is 14.1. The molecule has 0 amide bonds. The predicted molar refractivity (Wildman–Crippen MR) is 115 cm³/mol.